The number of hydrogen-bond donors (Lipinski definition) is 2. The summed E-state index contributed by atoms with van der Waals surface area (Å²) >= 11 is 0. The molecule has 2 unspecified atom stereocenters. The molecule has 20 heavy (non-hydrogen) atoms. The lowest BCUT2D eigenvalue weighted by atomic mass is 9.43. The predicted octanol–water partition coefficient (Wildman–Crippen LogP) is 3.36. The maximum Gasteiger partial charge on any atom is 0.330 e. The summed E-state index contributed by atoms with van der Waals surface area (Å²) in [5.74, 6) is 0.0644. The molecule has 0 aromatic rings. The summed E-state index contributed by atoms with van der Waals surface area (Å²) in [5, 5.41) is 12.7. The average molecular weight is 277 g/mol. The molecule has 4 fully saturated rings. The van der Waals surface area contributed by atoms with Crippen LogP contribution in [0.25, 0.3) is 0 Å². The first-order valence-corrected chi connectivity index (χ1v) is 7.88. The van der Waals surface area contributed by atoms with Gasteiger partial charge in [-0.15, -0.1) is 0 Å². The molecule has 4 rings (SSSR count). The van der Waals surface area contributed by atoms with Crippen molar-refractivity contribution in [1.82, 2.24) is 5.32 Å². The van der Waals surface area contributed by atoms with E-state index in [-0.39, 0.29) is 5.54 Å². The van der Waals surface area contributed by atoms with Crippen LogP contribution < -0.4 is 5.32 Å². The van der Waals surface area contributed by atoms with Gasteiger partial charge in [-0.1, -0.05) is 19.9 Å². The van der Waals surface area contributed by atoms with Gasteiger partial charge < -0.3 is 10.4 Å². The third-order valence-corrected chi connectivity index (χ3v) is 5.85. The second-order valence-corrected chi connectivity index (χ2v) is 8.48. The van der Waals surface area contributed by atoms with E-state index >= 15 is 0 Å². The minimum Gasteiger partial charge on any atom is -0.478 e. The van der Waals surface area contributed by atoms with Gasteiger partial charge in [0.25, 0.3) is 0 Å². The largest absolute Gasteiger partial charge is 0.478 e. The molecule has 4 bridgehead atoms. The first-order valence-electron chi connectivity index (χ1n) is 7.88. The summed E-state index contributed by atoms with van der Waals surface area (Å²) in [7, 11) is 0. The zero-order chi connectivity index (χ0) is 14.6. The van der Waals surface area contributed by atoms with Crippen LogP contribution in [0.5, 0.6) is 0 Å². The highest BCUT2D eigenvalue weighted by Crippen LogP contribution is 2.66. The average Bonchev–Trinajstić information content (AvgIpc) is 2.22. The standard InChI is InChI=1S/C17H27NO2/c1-12(14(19)20)4-5-18-17-8-13-6-15(2,10-17)9-16(3,7-13)11-17/h4,13,18H,5-11H2,1-3H3,(H,19,20). The van der Waals surface area contributed by atoms with Gasteiger partial charge in [0.05, 0.1) is 0 Å². The van der Waals surface area contributed by atoms with Crippen LogP contribution in [-0.4, -0.2) is 23.2 Å². The smallest absolute Gasteiger partial charge is 0.330 e. The van der Waals surface area contributed by atoms with Crippen molar-refractivity contribution in [2.24, 2.45) is 16.7 Å². The molecule has 4 saturated carbocycles. The van der Waals surface area contributed by atoms with Gasteiger partial charge in [0.2, 0.25) is 0 Å². The summed E-state index contributed by atoms with van der Waals surface area (Å²) in [4.78, 5) is 10.9. The van der Waals surface area contributed by atoms with Gasteiger partial charge in [-0.3, -0.25) is 0 Å². The normalized spacial score (nSPS) is 46.8. The Morgan fingerprint density at radius 2 is 1.80 bits per heavy atom. The monoisotopic (exact) mass is 277 g/mol. The molecule has 0 saturated heterocycles. The van der Waals surface area contributed by atoms with E-state index in [4.69, 9.17) is 5.11 Å². The van der Waals surface area contributed by atoms with Crippen molar-refractivity contribution in [2.75, 3.05) is 6.54 Å². The summed E-state index contributed by atoms with van der Waals surface area (Å²) in [6.45, 7) is 7.29. The maximum absolute atomic E-state index is 10.9. The number of nitrogens with one attached hydrogen (secondary N) is 1. The van der Waals surface area contributed by atoms with Gasteiger partial charge in [-0.05, 0) is 62.2 Å². The van der Waals surface area contributed by atoms with Gasteiger partial charge >= 0.3 is 5.97 Å². The van der Waals surface area contributed by atoms with E-state index in [1.165, 1.54) is 38.5 Å². The number of carboxylic acid groups (broad SMARTS) is 1. The van der Waals surface area contributed by atoms with Crippen LogP contribution in [0.4, 0.5) is 0 Å². The molecule has 2 N–H and O–H groups in total. The Bertz CT molecular complexity index is 450. The molecule has 3 heteroatoms. The van der Waals surface area contributed by atoms with E-state index in [0.717, 1.165) is 5.92 Å². The maximum atomic E-state index is 10.9. The third kappa shape index (κ3) is 2.41. The number of carbonyl (C=O) groups is 1. The zero-order valence-corrected chi connectivity index (χ0v) is 13.0. The van der Waals surface area contributed by atoms with E-state index in [1.807, 2.05) is 6.08 Å². The molecule has 0 aliphatic heterocycles. The summed E-state index contributed by atoms with van der Waals surface area (Å²) in [6.07, 6.45) is 9.83. The molecule has 4 aliphatic rings. The second-order valence-electron chi connectivity index (χ2n) is 8.48. The molecule has 112 valence electrons. The van der Waals surface area contributed by atoms with Crippen LogP contribution in [0.1, 0.15) is 59.3 Å². The highest BCUT2D eigenvalue weighted by Gasteiger charge is 2.59. The lowest BCUT2D eigenvalue weighted by Gasteiger charge is -2.65. The summed E-state index contributed by atoms with van der Waals surface area (Å²) in [6, 6.07) is 0. The molecule has 0 aromatic heterocycles. The topological polar surface area (TPSA) is 49.3 Å². The Morgan fingerprint density at radius 1 is 1.20 bits per heavy atom. The lowest BCUT2D eigenvalue weighted by molar-refractivity contribution is -0.132. The zero-order valence-electron chi connectivity index (χ0n) is 13.0. The Morgan fingerprint density at radius 3 is 2.30 bits per heavy atom. The van der Waals surface area contributed by atoms with Gasteiger partial charge in [0.15, 0.2) is 0 Å². The van der Waals surface area contributed by atoms with E-state index in [1.54, 1.807) is 6.92 Å². The summed E-state index contributed by atoms with van der Waals surface area (Å²) in [5.41, 5.74) is 1.72. The van der Waals surface area contributed by atoms with E-state index in [2.05, 4.69) is 19.2 Å². The molecule has 2 atom stereocenters. The second kappa shape index (κ2) is 4.33. The molecule has 0 radical (unpaired) electrons. The molecule has 0 heterocycles. The van der Waals surface area contributed by atoms with Crippen LogP contribution in [-0.2, 0) is 4.79 Å². The number of carboxylic acids is 1. The van der Waals surface area contributed by atoms with Crippen LogP contribution >= 0.6 is 0 Å². The summed E-state index contributed by atoms with van der Waals surface area (Å²) < 4.78 is 0. The fourth-order valence-electron chi connectivity index (χ4n) is 6.15. The minimum atomic E-state index is -0.809. The van der Waals surface area contributed by atoms with Crippen LogP contribution in [0, 0.1) is 16.7 Å². The van der Waals surface area contributed by atoms with Gasteiger partial charge in [-0.2, -0.15) is 0 Å². The van der Waals surface area contributed by atoms with Crippen LogP contribution in [0.2, 0.25) is 0 Å². The minimum absolute atomic E-state index is 0.262. The Hall–Kier alpha value is -0.830. The molecular formula is C17H27NO2. The number of rotatable bonds is 4. The molecule has 3 nitrogen and oxygen atoms in total. The Kier molecular flexibility index (Phi) is 3.06. The van der Waals surface area contributed by atoms with Gasteiger partial charge in [-0.25, -0.2) is 4.79 Å². The van der Waals surface area contributed by atoms with Crippen molar-refractivity contribution in [3.63, 3.8) is 0 Å². The number of hydrogen-bond acceptors (Lipinski definition) is 2. The number of aliphatic carboxylic acids is 1. The van der Waals surface area contributed by atoms with Crippen molar-refractivity contribution in [3.05, 3.63) is 11.6 Å². The van der Waals surface area contributed by atoms with Gasteiger partial charge in [0.1, 0.15) is 0 Å². The van der Waals surface area contributed by atoms with Crippen molar-refractivity contribution in [1.29, 1.82) is 0 Å². The molecular weight excluding hydrogens is 250 g/mol. The van der Waals surface area contributed by atoms with E-state index in [9.17, 15) is 4.79 Å². The van der Waals surface area contributed by atoms with Crippen LogP contribution in [0.15, 0.2) is 11.6 Å². The predicted molar refractivity (Wildman–Crippen MR) is 79.5 cm³/mol. The van der Waals surface area contributed by atoms with Crippen LogP contribution in [0.3, 0.4) is 0 Å². The first kappa shape index (κ1) is 14.1. The fourth-order valence-corrected chi connectivity index (χ4v) is 6.15. The molecule has 0 aromatic carbocycles. The highest BCUT2D eigenvalue weighted by atomic mass is 16.4. The fraction of sp³-hybridized carbons (Fsp3) is 0.824. The molecule has 0 spiro atoms. The Labute approximate surface area is 121 Å². The quantitative estimate of drug-likeness (QED) is 0.775. The van der Waals surface area contributed by atoms with Crippen molar-refractivity contribution in [2.45, 2.75) is 64.8 Å². The van der Waals surface area contributed by atoms with Crippen molar-refractivity contribution < 1.29 is 9.90 Å². The van der Waals surface area contributed by atoms with E-state index < -0.39 is 5.97 Å². The molecule has 0 amide bonds. The highest BCUT2D eigenvalue weighted by molar-refractivity contribution is 5.85. The third-order valence-electron chi connectivity index (χ3n) is 5.85. The van der Waals surface area contributed by atoms with Gasteiger partial charge in [0, 0.05) is 17.7 Å². The SMILES string of the molecule is CC(=CCNC12CC3CC(C)(CC(C)(C3)C1)C2)C(=O)O. The first-order chi connectivity index (χ1) is 9.23. The van der Waals surface area contributed by atoms with E-state index in [0.29, 0.717) is 22.9 Å². The lowest BCUT2D eigenvalue weighted by Crippen LogP contribution is -2.64. The van der Waals surface area contributed by atoms with Crippen molar-refractivity contribution in [3.8, 4) is 0 Å². The molecule has 4 aliphatic carbocycles. The van der Waals surface area contributed by atoms with Crippen molar-refractivity contribution >= 4 is 5.97 Å². The Balaban J connectivity index is 1.73.